The number of hydrogen-bond donors (Lipinski definition) is 1. The van der Waals surface area contributed by atoms with Gasteiger partial charge in [0.1, 0.15) is 9.88 Å². The van der Waals surface area contributed by atoms with Crippen LogP contribution in [0.2, 0.25) is 5.02 Å². The van der Waals surface area contributed by atoms with Gasteiger partial charge in [0.2, 0.25) is 11.0 Å². The Kier molecular flexibility index (Phi) is 5.67. The fraction of sp³-hybridized carbons (Fsp3) is 0.217. The second-order valence-electron chi connectivity index (χ2n) is 7.57. The monoisotopic (exact) mass is 482 g/mol. The van der Waals surface area contributed by atoms with Crippen LogP contribution < -0.4 is 10.2 Å². The van der Waals surface area contributed by atoms with E-state index in [0.29, 0.717) is 28.0 Å². The van der Waals surface area contributed by atoms with E-state index in [1.165, 1.54) is 28.2 Å². The molecule has 5 rings (SSSR count). The van der Waals surface area contributed by atoms with Crippen LogP contribution in [0.5, 0.6) is 0 Å². The third kappa shape index (κ3) is 3.90. The molecule has 2 aromatic heterocycles. The highest BCUT2D eigenvalue weighted by Gasteiger charge is 2.34. The molecular formula is C23H19ClN4O2S2. The third-order valence-electron chi connectivity index (χ3n) is 5.53. The number of fused-ring (bicyclic) bond motifs is 1. The van der Waals surface area contributed by atoms with Crippen LogP contribution in [0.4, 0.5) is 10.8 Å². The maximum Gasteiger partial charge on any atom is 0.269 e. The van der Waals surface area contributed by atoms with E-state index < -0.39 is 0 Å². The molecule has 1 atom stereocenters. The van der Waals surface area contributed by atoms with E-state index in [1.54, 1.807) is 4.90 Å². The number of benzene rings is 2. The van der Waals surface area contributed by atoms with Gasteiger partial charge in [0.15, 0.2) is 0 Å². The number of rotatable bonds is 5. The molecule has 3 heterocycles. The van der Waals surface area contributed by atoms with E-state index >= 15 is 0 Å². The van der Waals surface area contributed by atoms with Crippen molar-refractivity contribution in [2.45, 2.75) is 25.7 Å². The molecule has 0 radical (unpaired) electrons. The number of carbonyl (C=O) groups excluding carboxylic acids is 2. The summed E-state index contributed by atoms with van der Waals surface area (Å²) < 4.78 is 0.956. The number of nitrogens with zero attached hydrogens (tertiary/aromatic N) is 3. The SMILES string of the molecule is CCc1ccc(N2CC(c3nnc(NC(=O)c4sc5ccccc5c4Cl)s3)CC2=O)cc1. The molecule has 162 valence electrons. The highest BCUT2D eigenvalue weighted by Crippen LogP contribution is 2.37. The number of hydrogen-bond acceptors (Lipinski definition) is 6. The van der Waals surface area contributed by atoms with Crippen molar-refractivity contribution < 1.29 is 9.59 Å². The topological polar surface area (TPSA) is 75.2 Å². The summed E-state index contributed by atoms with van der Waals surface area (Å²) in [7, 11) is 0. The Labute approximate surface area is 197 Å². The molecule has 2 aromatic carbocycles. The van der Waals surface area contributed by atoms with Crippen molar-refractivity contribution in [3.05, 3.63) is 69.0 Å². The zero-order valence-corrected chi connectivity index (χ0v) is 19.6. The first-order valence-electron chi connectivity index (χ1n) is 10.2. The van der Waals surface area contributed by atoms with Gasteiger partial charge in [-0.3, -0.25) is 14.9 Å². The molecule has 9 heteroatoms. The molecule has 1 aliphatic heterocycles. The number of anilines is 2. The van der Waals surface area contributed by atoms with E-state index in [4.69, 9.17) is 11.6 Å². The first kappa shape index (κ1) is 21.1. The molecule has 6 nitrogen and oxygen atoms in total. The van der Waals surface area contributed by atoms with E-state index in [1.807, 2.05) is 48.5 Å². The van der Waals surface area contributed by atoms with Crippen LogP contribution in [0.25, 0.3) is 10.1 Å². The van der Waals surface area contributed by atoms with Crippen LogP contribution in [-0.2, 0) is 11.2 Å². The van der Waals surface area contributed by atoms with Crippen molar-refractivity contribution >= 4 is 67.0 Å². The van der Waals surface area contributed by atoms with Crippen molar-refractivity contribution in [2.75, 3.05) is 16.8 Å². The van der Waals surface area contributed by atoms with Crippen molar-refractivity contribution in [3.63, 3.8) is 0 Å². The van der Waals surface area contributed by atoms with Crippen molar-refractivity contribution in [3.8, 4) is 0 Å². The summed E-state index contributed by atoms with van der Waals surface area (Å²) in [5.74, 6) is -0.291. The van der Waals surface area contributed by atoms with Gasteiger partial charge < -0.3 is 4.90 Å². The molecule has 0 bridgehead atoms. The van der Waals surface area contributed by atoms with Crippen LogP contribution in [0.3, 0.4) is 0 Å². The normalized spacial score (nSPS) is 16.1. The Hall–Kier alpha value is -2.81. The molecule has 1 unspecified atom stereocenters. The fourth-order valence-corrected chi connectivity index (χ4v) is 6.04. The summed E-state index contributed by atoms with van der Waals surface area (Å²) in [4.78, 5) is 27.6. The second-order valence-corrected chi connectivity index (χ2v) is 10.0. The number of aryl methyl sites for hydroxylation is 1. The fourth-order valence-electron chi connectivity index (χ4n) is 3.80. The molecule has 2 amide bonds. The minimum absolute atomic E-state index is 0.0515. The predicted octanol–water partition coefficient (Wildman–Crippen LogP) is 5.74. The van der Waals surface area contributed by atoms with Crippen molar-refractivity contribution in [2.24, 2.45) is 0 Å². The number of aromatic nitrogens is 2. The van der Waals surface area contributed by atoms with E-state index in [0.717, 1.165) is 27.2 Å². The Balaban J connectivity index is 1.29. The molecular weight excluding hydrogens is 464 g/mol. The Morgan fingerprint density at radius 2 is 1.94 bits per heavy atom. The zero-order valence-electron chi connectivity index (χ0n) is 17.2. The Morgan fingerprint density at radius 1 is 1.16 bits per heavy atom. The lowest BCUT2D eigenvalue weighted by Gasteiger charge is -2.16. The molecule has 1 aliphatic rings. The van der Waals surface area contributed by atoms with Crippen molar-refractivity contribution in [1.29, 1.82) is 0 Å². The van der Waals surface area contributed by atoms with Gasteiger partial charge in [-0.2, -0.15) is 0 Å². The summed E-state index contributed by atoms with van der Waals surface area (Å²) in [6.45, 7) is 2.65. The summed E-state index contributed by atoms with van der Waals surface area (Å²) in [6.07, 6.45) is 1.34. The minimum atomic E-state index is -0.306. The molecule has 0 spiro atoms. The first-order valence-corrected chi connectivity index (χ1v) is 12.3. The molecule has 0 saturated carbocycles. The number of nitrogens with one attached hydrogen (secondary N) is 1. The van der Waals surface area contributed by atoms with Crippen LogP contribution in [0.1, 0.15) is 39.5 Å². The number of thiophene rings is 1. The van der Waals surface area contributed by atoms with Crippen molar-refractivity contribution in [1.82, 2.24) is 10.2 Å². The van der Waals surface area contributed by atoms with Gasteiger partial charge in [-0.1, -0.05) is 60.2 Å². The predicted molar refractivity (Wildman–Crippen MR) is 130 cm³/mol. The van der Waals surface area contributed by atoms with Gasteiger partial charge in [0, 0.05) is 34.7 Å². The van der Waals surface area contributed by atoms with Gasteiger partial charge >= 0.3 is 0 Å². The van der Waals surface area contributed by atoms with Crippen LogP contribution >= 0.6 is 34.3 Å². The average Bonchev–Trinajstić information content (AvgIpc) is 3.51. The summed E-state index contributed by atoms with van der Waals surface area (Å²) in [5, 5.41) is 13.6. The van der Waals surface area contributed by atoms with E-state index in [2.05, 4.69) is 22.4 Å². The van der Waals surface area contributed by atoms with Gasteiger partial charge in [-0.05, 0) is 30.2 Å². The smallest absolute Gasteiger partial charge is 0.269 e. The van der Waals surface area contributed by atoms with Gasteiger partial charge in [0.05, 0.1) is 5.02 Å². The number of amides is 2. The molecule has 1 saturated heterocycles. The van der Waals surface area contributed by atoms with E-state index in [9.17, 15) is 9.59 Å². The van der Waals surface area contributed by atoms with Gasteiger partial charge in [0.25, 0.3) is 5.91 Å². The lowest BCUT2D eigenvalue weighted by molar-refractivity contribution is -0.117. The van der Waals surface area contributed by atoms with Gasteiger partial charge in [-0.25, -0.2) is 0 Å². The Morgan fingerprint density at radius 3 is 2.69 bits per heavy atom. The lowest BCUT2D eigenvalue weighted by Crippen LogP contribution is -2.24. The molecule has 4 aromatic rings. The summed E-state index contributed by atoms with van der Waals surface area (Å²) >= 11 is 9.06. The zero-order chi connectivity index (χ0) is 22.2. The maximum atomic E-state index is 12.8. The van der Waals surface area contributed by atoms with E-state index in [-0.39, 0.29) is 17.7 Å². The van der Waals surface area contributed by atoms with Crippen LogP contribution in [0, 0.1) is 0 Å². The first-order chi connectivity index (χ1) is 15.5. The third-order valence-corrected chi connectivity index (χ3v) is 8.21. The number of halogens is 1. The quantitative estimate of drug-likeness (QED) is 0.393. The lowest BCUT2D eigenvalue weighted by atomic mass is 10.1. The second kappa shape index (κ2) is 8.61. The van der Waals surface area contributed by atoms with Crippen LogP contribution in [0.15, 0.2) is 48.5 Å². The summed E-state index contributed by atoms with van der Waals surface area (Å²) in [5.41, 5.74) is 2.13. The highest BCUT2D eigenvalue weighted by molar-refractivity contribution is 7.22. The van der Waals surface area contributed by atoms with Gasteiger partial charge in [-0.15, -0.1) is 21.5 Å². The Bertz CT molecular complexity index is 1320. The summed E-state index contributed by atoms with van der Waals surface area (Å²) in [6, 6.07) is 15.7. The molecule has 1 fully saturated rings. The average molecular weight is 483 g/mol. The molecule has 0 aliphatic carbocycles. The van der Waals surface area contributed by atoms with Crippen LogP contribution in [-0.4, -0.2) is 28.6 Å². The maximum absolute atomic E-state index is 12.8. The number of carbonyl (C=O) groups is 2. The largest absolute Gasteiger partial charge is 0.312 e. The molecule has 1 N–H and O–H groups in total. The standard InChI is InChI=1S/C23H19ClN4O2S2/c1-2-13-7-9-15(10-8-13)28-12-14(11-18(28)29)22-26-27-23(32-22)25-21(30)20-19(24)16-5-3-4-6-17(16)31-20/h3-10,14H,2,11-12H2,1H3,(H,25,27,30). The minimum Gasteiger partial charge on any atom is -0.312 e. The highest BCUT2D eigenvalue weighted by atomic mass is 35.5. The molecule has 32 heavy (non-hydrogen) atoms.